The highest BCUT2D eigenvalue weighted by atomic mass is 32.1. The Hall–Kier alpha value is -1.20. The summed E-state index contributed by atoms with van der Waals surface area (Å²) in [6.07, 6.45) is 1.05. The van der Waals surface area contributed by atoms with Gasteiger partial charge in [-0.3, -0.25) is 0 Å². The van der Waals surface area contributed by atoms with Crippen LogP contribution in [0.2, 0.25) is 0 Å². The van der Waals surface area contributed by atoms with Crippen molar-refractivity contribution in [3.05, 3.63) is 17.3 Å². The predicted molar refractivity (Wildman–Crippen MR) is 70.9 cm³/mol. The molecule has 17 heavy (non-hydrogen) atoms. The molecule has 0 aromatic carbocycles. The Morgan fingerprint density at radius 2 is 2.24 bits per heavy atom. The van der Waals surface area contributed by atoms with Crippen molar-refractivity contribution >= 4 is 27.4 Å². The van der Waals surface area contributed by atoms with Crippen molar-refractivity contribution in [2.24, 2.45) is 5.92 Å². The Labute approximate surface area is 105 Å². The molecule has 2 aromatic rings. The van der Waals surface area contributed by atoms with Crippen LogP contribution >= 0.6 is 11.3 Å². The molecule has 0 aliphatic rings. The summed E-state index contributed by atoms with van der Waals surface area (Å²) in [6, 6.07) is 1.94. The van der Waals surface area contributed by atoms with Gasteiger partial charge in [0.2, 0.25) is 0 Å². The highest BCUT2D eigenvalue weighted by Crippen LogP contribution is 2.22. The van der Waals surface area contributed by atoms with Crippen molar-refractivity contribution < 1.29 is 4.74 Å². The second kappa shape index (κ2) is 5.42. The quantitative estimate of drug-likeness (QED) is 0.830. The lowest BCUT2D eigenvalue weighted by Crippen LogP contribution is -2.04. The van der Waals surface area contributed by atoms with Gasteiger partial charge in [-0.15, -0.1) is 11.3 Å². The smallest absolute Gasteiger partial charge is 0.158 e. The van der Waals surface area contributed by atoms with Gasteiger partial charge in [0.25, 0.3) is 0 Å². The first-order valence-corrected chi connectivity index (χ1v) is 6.62. The normalized spacial score (nSPS) is 11.5. The van der Waals surface area contributed by atoms with Crippen molar-refractivity contribution in [1.82, 2.24) is 9.97 Å². The molecule has 0 unspecified atom stereocenters. The molecule has 0 aliphatic heterocycles. The summed E-state index contributed by atoms with van der Waals surface area (Å²) in [5.74, 6) is 1.86. The van der Waals surface area contributed by atoms with Crippen molar-refractivity contribution in [3.8, 4) is 0 Å². The Balaban J connectivity index is 1.99. The summed E-state index contributed by atoms with van der Waals surface area (Å²) in [6.45, 7) is 5.53. The zero-order chi connectivity index (χ0) is 12.3. The summed E-state index contributed by atoms with van der Waals surface area (Å²) in [5.41, 5.74) is 5.85. The number of hydrogen-bond donors (Lipinski definition) is 1. The van der Waals surface area contributed by atoms with Crippen LogP contribution in [-0.4, -0.2) is 16.6 Å². The number of fused-ring (bicyclic) bond motifs is 1. The van der Waals surface area contributed by atoms with E-state index in [9.17, 15) is 0 Å². The third-order valence-corrected chi connectivity index (χ3v) is 3.28. The molecule has 4 nitrogen and oxygen atoms in total. The number of thiophene rings is 1. The molecule has 5 heteroatoms. The molecule has 0 fully saturated rings. The Kier molecular flexibility index (Phi) is 3.91. The monoisotopic (exact) mass is 251 g/mol. The first-order valence-electron chi connectivity index (χ1n) is 5.74. The Bertz CT molecular complexity index is 495. The average Bonchev–Trinajstić information content (AvgIpc) is 2.72. The van der Waals surface area contributed by atoms with Crippen LogP contribution in [0.25, 0.3) is 10.2 Å². The van der Waals surface area contributed by atoms with E-state index in [1.54, 1.807) is 11.3 Å². The second-order valence-electron chi connectivity index (χ2n) is 4.40. The van der Waals surface area contributed by atoms with Crippen molar-refractivity contribution in [3.63, 3.8) is 0 Å². The molecule has 0 bridgehead atoms. The predicted octanol–water partition coefficient (Wildman–Crippen LogP) is 2.84. The van der Waals surface area contributed by atoms with Crippen LogP contribution < -0.4 is 5.73 Å². The zero-order valence-electron chi connectivity index (χ0n) is 10.1. The first kappa shape index (κ1) is 12.3. The molecule has 92 valence electrons. The van der Waals surface area contributed by atoms with Crippen LogP contribution in [0.3, 0.4) is 0 Å². The number of ether oxygens (including phenoxy) is 1. The minimum Gasteiger partial charge on any atom is -0.383 e. The summed E-state index contributed by atoms with van der Waals surface area (Å²) in [5, 5.41) is 2.90. The first-order chi connectivity index (χ1) is 8.16. The van der Waals surface area contributed by atoms with Gasteiger partial charge in [-0.1, -0.05) is 13.8 Å². The number of nitrogens with zero attached hydrogens (tertiary/aromatic N) is 2. The van der Waals surface area contributed by atoms with Crippen LogP contribution in [0.4, 0.5) is 5.82 Å². The van der Waals surface area contributed by atoms with Crippen LogP contribution in [0.15, 0.2) is 11.4 Å². The van der Waals surface area contributed by atoms with Gasteiger partial charge < -0.3 is 10.5 Å². The number of aromatic nitrogens is 2. The molecule has 2 rings (SSSR count). The van der Waals surface area contributed by atoms with Crippen LogP contribution in [-0.2, 0) is 11.3 Å². The SMILES string of the molecule is CC(C)CCOCc1nc(N)c2ccsc2n1. The van der Waals surface area contributed by atoms with Crippen LogP contribution in [0, 0.1) is 5.92 Å². The maximum Gasteiger partial charge on any atom is 0.158 e. The largest absolute Gasteiger partial charge is 0.383 e. The van der Waals surface area contributed by atoms with E-state index in [0.29, 0.717) is 24.2 Å². The fourth-order valence-electron chi connectivity index (χ4n) is 1.47. The van der Waals surface area contributed by atoms with E-state index in [0.717, 1.165) is 23.2 Å². The third-order valence-electron chi connectivity index (χ3n) is 2.47. The molecule has 0 saturated heterocycles. The van der Waals surface area contributed by atoms with E-state index in [1.165, 1.54) is 0 Å². The fraction of sp³-hybridized carbons (Fsp3) is 0.500. The van der Waals surface area contributed by atoms with Gasteiger partial charge in [-0.05, 0) is 23.8 Å². The van der Waals surface area contributed by atoms with E-state index >= 15 is 0 Å². The standard InChI is InChI=1S/C12H17N3OS/c1-8(2)3-5-16-7-10-14-11(13)9-4-6-17-12(9)15-10/h4,6,8H,3,5,7H2,1-2H3,(H2,13,14,15). The third kappa shape index (κ3) is 3.14. The van der Waals surface area contributed by atoms with Crippen molar-refractivity contribution in [2.45, 2.75) is 26.9 Å². The minimum atomic E-state index is 0.435. The van der Waals surface area contributed by atoms with E-state index < -0.39 is 0 Å². The maximum absolute atomic E-state index is 5.85. The molecular weight excluding hydrogens is 234 g/mol. The number of nitrogen functional groups attached to an aromatic ring is 1. The van der Waals surface area contributed by atoms with Gasteiger partial charge in [0.05, 0.1) is 5.39 Å². The van der Waals surface area contributed by atoms with Gasteiger partial charge in [-0.2, -0.15) is 0 Å². The van der Waals surface area contributed by atoms with Gasteiger partial charge >= 0.3 is 0 Å². The molecule has 0 aliphatic carbocycles. The minimum absolute atomic E-state index is 0.435. The van der Waals surface area contributed by atoms with Crippen molar-refractivity contribution in [1.29, 1.82) is 0 Å². The van der Waals surface area contributed by atoms with Gasteiger partial charge in [0, 0.05) is 6.61 Å². The van der Waals surface area contributed by atoms with Crippen LogP contribution in [0.5, 0.6) is 0 Å². The van der Waals surface area contributed by atoms with Crippen molar-refractivity contribution in [2.75, 3.05) is 12.3 Å². The topological polar surface area (TPSA) is 61.0 Å². The summed E-state index contributed by atoms with van der Waals surface area (Å²) >= 11 is 1.57. The van der Waals surface area contributed by atoms with Crippen LogP contribution in [0.1, 0.15) is 26.1 Å². The molecule has 0 saturated carbocycles. The average molecular weight is 251 g/mol. The van der Waals surface area contributed by atoms with Gasteiger partial charge in [0.1, 0.15) is 17.3 Å². The second-order valence-corrected chi connectivity index (χ2v) is 5.29. The van der Waals surface area contributed by atoms with Gasteiger partial charge in [0.15, 0.2) is 5.82 Å². The molecular formula is C12H17N3OS. The molecule has 0 radical (unpaired) electrons. The molecule has 2 heterocycles. The lowest BCUT2D eigenvalue weighted by Gasteiger charge is -2.06. The lowest BCUT2D eigenvalue weighted by atomic mass is 10.1. The number of nitrogens with two attached hydrogens (primary N) is 1. The molecule has 0 amide bonds. The molecule has 2 N–H and O–H groups in total. The lowest BCUT2D eigenvalue weighted by molar-refractivity contribution is 0.106. The highest BCUT2D eigenvalue weighted by Gasteiger charge is 2.06. The summed E-state index contributed by atoms with van der Waals surface area (Å²) in [4.78, 5) is 9.58. The number of rotatable bonds is 5. The van der Waals surface area contributed by atoms with E-state index in [1.807, 2.05) is 11.4 Å². The molecule has 0 atom stereocenters. The van der Waals surface area contributed by atoms with E-state index in [-0.39, 0.29) is 0 Å². The Morgan fingerprint density at radius 3 is 3.00 bits per heavy atom. The van der Waals surface area contributed by atoms with Gasteiger partial charge in [-0.25, -0.2) is 9.97 Å². The summed E-state index contributed by atoms with van der Waals surface area (Å²) < 4.78 is 5.54. The molecule has 0 spiro atoms. The fourth-order valence-corrected chi connectivity index (χ4v) is 2.26. The number of hydrogen-bond acceptors (Lipinski definition) is 5. The highest BCUT2D eigenvalue weighted by molar-refractivity contribution is 7.16. The van der Waals surface area contributed by atoms with E-state index in [2.05, 4.69) is 23.8 Å². The van der Waals surface area contributed by atoms with E-state index in [4.69, 9.17) is 10.5 Å². The zero-order valence-corrected chi connectivity index (χ0v) is 11.0. The molecule has 2 aromatic heterocycles. The number of anilines is 1. The summed E-state index contributed by atoms with van der Waals surface area (Å²) in [7, 11) is 0. The Morgan fingerprint density at radius 1 is 1.41 bits per heavy atom. The maximum atomic E-state index is 5.85.